The molecule has 0 bridgehead atoms. The van der Waals surface area contributed by atoms with Crippen LogP contribution in [-0.2, 0) is 14.3 Å². The van der Waals surface area contributed by atoms with Crippen LogP contribution < -0.4 is 0 Å². The molecule has 0 aliphatic heterocycles. The molecule has 0 amide bonds. The van der Waals surface area contributed by atoms with E-state index in [1.165, 1.54) is 18.4 Å². The molecule has 0 unspecified atom stereocenters. The first-order valence-electron chi connectivity index (χ1n) is 8.56. The first kappa shape index (κ1) is 17.7. The highest BCUT2D eigenvalue weighted by atomic mass is 16.5. The number of allylic oxidation sites excluding steroid dienone is 4. The predicted octanol–water partition coefficient (Wildman–Crippen LogP) is 4.54. The Kier molecular flexibility index (Phi) is 5.28. The molecule has 2 aliphatic rings. The fourth-order valence-electron chi connectivity index (χ4n) is 3.82. The van der Waals surface area contributed by atoms with E-state index < -0.39 is 0 Å². The molecular formula is C20H28O3. The van der Waals surface area contributed by atoms with Crippen LogP contribution >= 0.6 is 0 Å². The van der Waals surface area contributed by atoms with Crippen molar-refractivity contribution in [3.8, 4) is 0 Å². The fraction of sp³-hybridized carbons (Fsp3) is 0.600. The van der Waals surface area contributed by atoms with Crippen LogP contribution in [0.5, 0.6) is 0 Å². The standard InChI is InChI=1S/C20H28O3/c1-6-13(2)19(22)23-12-14(3)18-15(4)20(5)10-8-7-9-16(20)11-17(18)21/h6,11,15H,7-10,12H2,1-5H3/b13-6-,18-14+/t15-,20-/m0/s1. The molecule has 0 aromatic carbocycles. The minimum absolute atomic E-state index is 0.0754. The summed E-state index contributed by atoms with van der Waals surface area (Å²) in [5, 5.41) is 0. The summed E-state index contributed by atoms with van der Waals surface area (Å²) in [4.78, 5) is 24.4. The highest BCUT2D eigenvalue weighted by molar-refractivity contribution is 6.06. The molecule has 1 fully saturated rings. The lowest BCUT2D eigenvalue weighted by atomic mass is 9.58. The average molecular weight is 316 g/mol. The van der Waals surface area contributed by atoms with Crippen LogP contribution in [0.4, 0.5) is 0 Å². The molecular weight excluding hydrogens is 288 g/mol. The molecule has 0 spiro atoms. The number of rotatable bonds is 3. The van der Waals surface area contributed by atoms with Gasteiger partial charge in [-0.2, -0.15) is 0 Å². The number of ether oxygens (including phenoxy) is 1. The zero-order valence-corrected chi connectivity index (χ0v) is 15.0. The maximum atomic E-state index is 12.6. The molecule has 3 heteroatoms. The van der Waals surface area contributed by atoms with Crippen molar-refractivity contribution < 1.29 is 14.3 Å². The van der Waals surface area contributed by atoms with Gasteiger partial charge in [-0.05, 0) is 63.0 Å². The van der Waals surface area contributed by atoms with Crippen LogP contribution in [0.3, 0.4) is 0 Å². The van der Waals surface area contributed by atoms with E-state index in [9.17, 15) is 9.59 Å². The van der Waals surface area contributed by atoms with Gasteiger partial charge in [0.05, 0.1) is 0 Å². The van der Waals surface area contributed by atoms with E-state index in [0.717, 1.165) is 24.0 Å². The van der Waals surface area contributed by atoms with Gasteiger partial charge in [-0.25, -0.2) is 4.79 Å². The summed E-state index contributed by atoms with van der Waals surface area (Å²) in [7, 11) is 0. The van der Waals surface area contributed by atoms with Crippen LogP contribution in [0.2, 0.25) is 0 Å². The average Bonchev–Trinajstić information content (AvgIpc) is 2.53. The Morgan fingerprint density at radius 2 is 2.09 bits per heavy atom. The first-order chi connectivity index (χ1) is 10.8. The quantitative estimate of drug-likeness (QED) is 0.567. The van der Waals surface area contributed by atoms with Gasteiger partial charge < -0.3 is 4.74 Å². The third kappa shape index (κ3) is 3.34. The van der Waals surface area contributed by atoms with Gasteiger partial charge in [-0.1, -0.05) is 31.9 Å². The van der Waals surface area contributed by atoms with Crippen LogP contribution in [0.15, 0.2) is 34.4 Å². The second-order valence-corrected chi connectivity index (χ2v) is 7.12. The van der Waals surface area contributed by atoms with Gasteiger partial charge >= 0.3 is 5.97 Å². The number of hydrogen-bond donors (Lipinski definition) is 0. The number of ketones is 1. The number of carbonyl (C=O) groups is 2. The molecule has 0 heterocycles. The van der Waals surface area contributed by atoms with Gasteiger partial charge in [-0.15, -0.1) is 0 Å². The summed E-state index contributed by atoms with van der Waals surface area (Å²) in [5.74, 6) is -0.0385. The lowest BCUT2D eigenvalue weighted by Crippen LogP contribution is -2.38. The zero-order valence-electron chi connectivity index (χ0n) is 15.0. The fourth-order valence-corrected chi connectivity index (χ4v) is 3.82. The summed E-state index contributed by atoms with van der Waals surface area (Å²) >= 11 is 0. The molecule has 1 saturated carbocycles. The minimum atomic E-state index is -0.316. The molecule has 0 saturated heterocycles. The molecule has 2 rings (SSSR count). The van der Waals surface area contributed by atoms with E-state index in [1.807, 2.05) is 19.9 Å². The van der Waals surface area contributed by atoms with Crippen molar-refractivity contribution in [3.63, 3.8) is 0 Å². The Balaban J connectivity index is 2.25. The van der Waals surface area contributed by atoms with Crippen molar-refractivity contribution in [2.45, 2.75) is 60.3 Å². The molecule has 23 heavy (non-hydrogen) atoms. The van der Waals surface area contributed by atoms with Gasteiger partial charge in [0.1, 0.15) is 6.61 Å². The van der Waals surface area contributed by atoms with E-state index >= 15 is 0 Å². The van der Waals surface area contributed by atoms with Crippen LogP contribution in [0.1, 0.15) is 60.3 Å². The van der Waals surface area contributed by atoms with E-state index in [0.29, 0.717) is 5.57 Å². The SMILES string of the molecule is C/C=C(/C)C(=O)OC/C(C)=C1/C(=O)C=C2CCCC[C@@]2(C)[C@H]1C. The van der Waals surface area contributed by atoms with Gasteiger partial charge in [-0.3, -0.25) is 4.79 Å². The summed E-state index contributed by atoms with van der Waals surface area (Å²) in [5.41, 5.74) is 3.68. The van der Waals surface area contributed by atoms with Gasteiger partial charge in [0.2, 0.25) is 0 Å². The Morgan fingerprint density at radius 1 is 1.39 bits per heavy atom. The topological polar surface area (TPSA) is 43.4 Å². The summed E-state index contributed by atoms with van der Waals surface area (Å²) in [6.07, 6.45) is 8.14. The summed E-state index contributed by atoms with van der Waals surface area (Å²) < 4.78 is 5.34. The van der Waals surface area contributed by atoms with Crippen LogP contribution in [0.25, 0.3) is 0 Å². The highest BCUT2D eigenvalue weighted by Gasteiger charge is 2.43. The van der Waals surface area contributed by atoms with Gasteiger partial charge in [0.15, 0.2) is 5.78 Å². The van der Waals surface area contributed by atoms with E-state index in [4.69, 9.17) is 4.74 Å². The third-order valence-electron chi connectivity index (χ3n) is 5.72. The van der Waals surface area contributed by atoms with Gasteiger partial charge in [0, 0.05) is 11.1 Å². The molecule has 3 nitrogen and oxygen atoms in total. The second kappa shape index (κ2) is 6.86. The first-order valence-corrected chi connectivity index (χ1v) is 8.56. The van der Waals surface area contributed by atoms with Crippen molar-refractivity contribution in [3.05, 3.63) is 34.4 Å². The van der Waals surface area contributed by atoms with Crippen LogP contribution in [0, 0.1) is 11.3 Å². The van der Waals surface area contributed by atoms with Crippen molar-refractivity contribution >= 4 is 11.8 Å². The zero-order chi connectivity index (χ0) is 17.2. The molecule has 2 aliphatic carbocycles. The van der Waals surface area contributed by atoms with Gasteiger partial charge in [0.25, 0.3) is 0 Å². The summed E-state index contributed by atoms with van der Waals surface area (Å²) in [6, 6.07) is 0. The normalized spacial score (nSPS) is 30.5. The Labute approximate surface area is 139 Å². The van der Waals surface area contributed by atoms with Crippen molar-refractivity contribution in [2.75, 3.05) is 6.61 Å². The Bertz CT molecular complexity index is 606. The highest BCUT2D eigenvalue weighted by Crippen LogP contribution is 2.51. The van der Waals surface area contributed by atoms with Crippen molar-refractivity contribution in [1.29, 1.82) is 0 Å². The number of esters is 1. The number of fused-ring (bicyclic) bond motifs is 1. The minimum Gasteiger partial charge on any atom is -0.458 e. The molecule has 0 N–H and O–H groups in total. The number of carbonyl (C=O) groups excluding carboxylic acids is 2. The van der Waals surface area contributed by atoms with Crippen LogP contribution in [-0.4, -0.2) is 18.4 Å². The van der Waals surface area contributed by atoms with E-state index in [-0.39, 0.29) is 29.7 Å². The van der Waals surface area contributed by atoms with E-state index in [1.54, 1.807) is 13.0 Å². The monoisotopic (exact) mass is 316 g/mol. The molecule has 0 aromatic heterocycles. The molecule has 0 aromatic rings. The lowest BCUT2D eigenvalue weighted by Gasteiger charge is -2.45. The Hall–Kier alpha value is -1.64. The van der Waals surface area contributed by atoms with Crippen molar-refractivity contribution in [2.24, 2.45) is 11.3 Å². The largest absolute Gasteiger partial charge is 0.458 e. The molecule has 126 valence electrons. The lowest BCUT2D eigenvalue weighted by molar-refractivity contribution is -0.138. The van der Waals surface area contributed by atoms with Crippen molar-refractivity contribution in [1.82, 2.24) is 0 Å². The maximum Gasteiger partial charge on any atom is 0.333 e. The van der Waals surface area contributed by atoms with E-state index in [2.05, 4.69) is 13.8 Å². The molecule has 0 radical (unpaired) electrons. The number of hydrogen-bond acceptors (Lipinski definition) is 3. The predicted molar refractivity (Wildman–Crippen MR) is 91.9 cm³/mol. The summed E-state index contributed by atoms with van der Waals surface area (Å²) in [6.45, 7) is 10.1. The maximum absolute atomic E-state index is 12.6. The Morgan fingerprint density at radius 3 is 2.74 bits per heavy atom. The smallest absolute Gasteiger partial charge is 0.333 e. The second-order valence-electron chi connectivity index (χ2n) is 7.12. The third-order valence-corrected chi connectivity index (χ3v) is 5.72. The molecule has 2 atom stereocenters.